The molecule has 2 N–H and O–H groups in total. The van der Waals surface area contributed by atoms with E-state index in [0.717, 1.165) is 11.4 Å². The number of carboxylic acid groups (broad SMARTS) is 1. The van der Waals surface area contributed by atoms with E-state index in [1.54, 1.807) is 35.3 Å². The van der Waals surface area contributed by atoms with Crippen molar-refractivity contribution in [2.45, 2.75) is 24.7 Å². The maximum atomic E-state index is 13.1. The summed E-state index contributed by atoms with van der Waals surface area (Å²) in [6, 6.07) is 11.5. The topological polar surface area (TPSA) is 112 Å². The molecule has 34 heavy (non-hydrogen) atoms. The van der Waals surface area contributed by atoms with E-state index in [1.165, 1.54) is 0 Å². The number of alkyl halides is 3. The maximum absolute atomic E-state index is 13.1. The molecular formula is C22H23F3N4O5. The van der Waals surface area contributed by atoms with Crippen LogP contribution in [0, 0.1) is 0 Å². The Morgan fingerprint density at radius 3 is 2.29 bits per heavy atom. The molecule has 9 nitrogen and oxygen atoms in total. The molecule has 1 aromatic carbocycles. The monoisotopic (exact) mass is 480 g/mol. The fourth-order valence-electron chi connectivity index (χ4n) is 3.68. The van der Waals surface area contributed by atoms with Crippen LogP contribution in [0.3, 0.4) is 0 Å². The van der Waals surface area contributed by atoms with Crippen molar-refractivity contribution in [3.63, 3.8) is 0 Å². The van der Waals surface area contributed by atoms with Gasteiger partial charge in [0.05, 0.1) is 11.3 Å². The molecule has 2 aliphatic rings. The zero-order valence-electron chi connectivity index (χ0n) is 18.2. The van der Waals surface area contributed by atoms with E-state index in [1.807, 2.05) is 30.3 Å². The van der Waals surface area contributed by atoms with E-state index >= 15 is 0 Å². The number of hydrogen-bond acceptors (Lipinski definition) is 6. The van der Waals surface area contributed by atoms with Gasteiger partial charge in [0, 0.05) is 51.1 Å². The Hall–Kier alpha value is -3.67. The minimum atomic E-state index is -5.08. The van der Waals surface area contributed by atoms with Gasteiger partial charge in [-0.1, -0.05) is 18.2 Å². The lowest BCUT2D eigenvalue weighted by molar-refractivity contribution is -0.192. The SMILES string of the molecule is CN1C(=O)COC12CCN(C(=O)c1cnccc1Nc1ccccc1)CC2.O=C(O)C(F)(F)F. The lowest BCUT2D eigenvalue weighted by Crippen LogP contribution is -2.53. The molecule has 4 rings (SSSR count). The van der Waals surface area contributed by atoms with Gasteiger partial charge in [-0.3, -0.25) is 14.6 Å². The number of aliphatic carboxylic acids is 1. The van der Waals surface area contributed by atoms with Gasteiger partial charge in [0.15, 0.2) is 0 Å². The number of carboxylic acids is 1. The lowest BCUT2D eigenvalue weighted by atomic mass is 9.98. The third-order valence-corrected chi connectivity index (χ3v) is 5.63. The third-order valence-electron chi connectivity index (χ3n) is 5.63. The molecule has 0 atom stereocenters. The highest BCUT2D eigenvalue weighted by Gasteiger charge is 2.47. The van der Waals surface area contributed by atoms with E-state index in [2.05, 4.69) is 10.3 Å². The molecule has 2 saturated heterocycles. The molecule has 2 amide bonds. The average molecular weight is 480 g/mol. The number of halogens is 3. The number of ether oxygens (including phenoxy) is 1. The van der Waals surface area contributed by atoms with Crippen LogP contribution < -0.4 is 5.32 Å². The van der Waals surface area contributed by atoms with Gasteiger partial charge < -0.3 is 25.0 Å². The normalized spacial score (nSPS) is 17.2. The van der Waals surface area contributed by atoms with Crippen molar-refractivity contribution in [1.82, 2.24) is 14.8 Å². The number of aromatic nitrogens is 1. The van der Waals surface area contributed by atoms with E-state index in [4.69, 9.17) is 14.6 Å². The molecule has 0 radical (unpaired) electrons. The number of piperidine rings is 1. The zero-order chi connectivity index (χ0) is 24.9. The van der Waals surface area contributed by atoms with Gasteiger partial charge in [-0.15, -0.1) is 0 Å². The van der Waals surface area contributed by atoms with Crippen molar-refractivity contribution >= 4 is 29.2 Å². The number of carbonyl (C=O) groups is 3. The summed E-state index contributed by atoms with van der Waals surface area (Å²) >= 11 is 0. The minimum absolute atomic E-state index is 0.00335. The summed E-state index contributed by atoms with van der Waals surface area (Å²) in [5, 5.41) is 10.4. The maximum Gasteiger partial charge on any atom is 0.490 e. The number of nitrogens with one attached hydrogen (secondary N) is 1. The molecule has 12 heteroatoms. The van der Waals surface area contributed by atoms with Crippen LogP contribution in [0.4, 0.5) is 24.5 Å². The summed E-state index contributed by atoms with van der Waals surface area (Å²) in [4.78, 5) is 41.4. The second-order valence-electron chi connectivity index (χ2n) is 7.70. The fraction of sp³-hybridized carbons (Fsp3) is 0.364. The third kappa shape index (κ3) is 5.63. The Morgan fingerprint density at radius 1 is 1.15 bits per heavy atom. The number of nitrogens with zero attached hydrogens (tertiary/aromatic N) is 3. The lowest BCUT2D eigenvalue weighted by Gasteiger charge is -2.42. The standard InChI is InChI=1S/C20H22N4O3.C2HF3O2/c1-23-18(25)14-27-20(23)8-11-24(12-9-20)19(26)16-13-21-10-7-17(16)22-15-5-3-2-4-6-15;3-2(4,5)1(6)7/h2-7,10,13H,8-9,11-12,14H2,1H3,(H,21,22);(H,6,7). The van der Waals surface area contributed by atoms with Crippen molar-refractivity contribution in [2.24, 2.45) is 0 Å². The van der Waals surface area contributed by atoms with Gasteiger partial charge in [0.1, 0.15) is 12.3 Å². The summed E-state index contributed by atoms with van der Waals surface area (Å²) in [5.41, 5.74) is 1.61. The first-order valence-electron chi connectivity index (χ1n) is 10.3. The van der Waals surface area contributed by atoms with Crippen molar-refractivity contribution < 1.29 is 37.4 Å². The van der Waals surface area contributed by atoms with Gasteiger partial charge in [-0.25, -0.2) is 4.79 Å². The summed E-state index contributed by atoms with van der Waals surface area (Å²) in [6.07, 6.45) is -0.592. The van der Waals surface area contributed by atoms with Gasteiger partial charge in [-0.2, -0.15) is 13.2 Å². The average Bonchev–Trinajstić information content (AvgIpc) is 3.08. The molecule has 0 aliphatic carbocycles. The fourth-order valence-corrected chi connectivity index (χ4v) is 3.68. The highest BCUT2D eigenvalue weighted by Crippen LogP contribution is 2.34. The first kappa shape index (κ1) is 25.0. The number of carbonyl (C=O) groups excluding carboxylic acids is 2. The molecule has 2 aliphatic heterocycles. The summed E-state index contributed by atoms with van der Waals surface area (Å²) in [5.74, 6) is -2.83. The number of likely N-dealkylation sites (N-methyl/N-ethyl adjacent to an activating group) is 1. The van der Waals surface area contributed by atoms with Gasteiger partial charge in [0.2, 0.25) is 0 Å². The Balaban J connectivity index is 0.000000406. The number of benzene rings is 1. The molecular weight excluding hydrogens is 457 g/mol. The van der Waals surface area contributed by atoms with Crippen molar-refractivity contribution in [1.29, 1.82) is 0 Å². The van der Waals surface area contributed by atoms with Gasteiger partial charge >= 0.3 is 12.1 Å². The van der Waals surface area contributed by atoms with Gasteiger partial charge in [-0.05, 0) is 18.2 Å². The Kier molecular flexibility index (Phi) is 7.40. The molecule has 0 unspecified atom stereocenters. The number of amides is 2. The van der Waals surface area contributed by atoms with Crippen LogP contribution in [-0.4, -0.2) is 76.3 Å². The Morgan fingerprint density at radius 2 is 1.76 bits per heavy atom. The molecule has 0 bridgehead atoms. The summed E-state index contributed by atoms with van der Waals surface area (Å²) in [6.45, 7) is 1.20. The van der Waals surface area contributed by atoms with Crippen LogP contribution >= 0.6 is 0 Å². The van der Waals surface area contributed by atoms with Crippen LogP contribution in [0.15, 0.2) is 48.8 Å². The largest absolute Gasteiger partial charge is 0.490 e. The summed E-state index contributed by atoms with van der Waals surface area (Å²) in [7, 11) is 1.77. The highest BCUT2D eigenvalue weighted by molar-refractivity contribution is 6.00. The number of rotatable bonds is 3. The summed E-state index contributed by atoms with van der Waals surface area (Å²) < 4.78 is 37.5. The van der Waals surface area contributed by atoms with E-state index in [9.17, 15) is 22.8 Å². The number of pyridine rings is 1. The van der Waals surface area contributed by atoms with Crippen LogP contribution in [0.2, 0.25) is 0 Å². The van der Waals surface area contributed by atoms with Crippen molar-refractivity contribution in [2.75, 3.05) is 32.1 Å². The van der Waals surface area contributed by atoms with Crippen LogP contribution in [-0.2, 0) is 14.3 Å². The first-order chi connectivity index (χ1) is 16.0. The second-order valence-corrected chi connectivity index (χ2v) is 7.70. The molecule has 2 fully saturated rings. The molecule has 1 aromatic heterocycles. The molecule has 0 saturated carbocycles. The molecule has 2 aromatic rings. The smallest absolute Gasteiger partial charge is 0.475 e. The number of para-hydroxylation sites is 1. The van der Waals surface area contributed by atoms with E-state index < -0.39 is 17.9 Å². The molecule has 182 valence electrons. The number of anilines is 2. The highest BCUT2D eigenvalue weighted by atomic mass is 19.4. The van der Waals surface area contributed by atoms with Crippen molar-refractivity contribution in [3.05, 3.63) is 54.4 Å². The van der Waals surface area contributed by atoms with Crippen LogP contribution in [0.5, 0.6) is 0 Å². The molecule has 1 spiro atoms. The predicted octanol–water partition coefficient (Wildman–Crippen LogP) is 2.88. The molecule has 3 heterocycles. The van der Waals surface area contributed by atoms with Crippen LogP contribution in [0.1, 0.15) is 23.2 Å². The Labute approximate surface area is 193 Å². The minimum Gasteiger partial charge on any atom is -0.475 e. The quantitative estimate of drug-likeness (QED) is 0.695. The van der Waals surface area contributed by atoms with Crippen molar-refractivity contribution in [3.8, 4) is 0 Å². The van der Waals surface area contributed by atoms with E-state index in [-0.39, 0.29) is 18.4 Å². The number of likely N-dealkylation sites (tertiary alicyclic amines) is 1. The predicted molar refractivity (Wildman–Crippen MR) is 114 cm³/mol. The Bertz CT molecular complexity index is 1040. The number of hydrogen-bond donors (Lipinski definition) is 2. The zero-order valence-corrected chi connectivity index (χ0v) is 18.2. The van der Waals surface area contributed by atoms with Gasteiger partial charge in [0.25, 0.3) is 11.8 Å². The van der Waals surface area contributed by atoms with E-state index in [0.29, 0.717) is 31.5 Å². The first-order valence-corrected chi connectivity index (χ1v) is 10.3. The second kappa shape index (κ2) is 10.1. The van der Waals surface area contributed by atoms with Crippen LogP contribution in [0.25, 0.3) is 0 Å².